The molecule has 0 aliphatic rings. The van der Waals surface area contributed by atoms with Crippen molar-refractivity contribution in [3.8, 4) is 0 Å². The van der Waals surface area contributed by atoms with Gasteiger partial charge in [-0.25, -0.2) is 8.42 Å². The number of anilines is 1. The predicted octanol–water partition coefficient (Wildman–Crippen LogP) is 4.93. The Balaban J connectivity index is 2.08. The van der Waals surface area contributed by atoms with Crippen molar-refractivity contribution in [1.29, 1.82) is 0 Å². The van der Waals surface area contributed by atoms with Crippen LogP contribution in [0.5, 0.6) is 0 Å². The summed E-state index contributed by atoms with van der Waals surface area (Å²) in [6.07, 6.45) is 2.13. The van der Waals surface area contributed by atoms with Gasteiger partial charge < -0.3 is 10.2 Å². The smallest absolute Gasteiger partial charge is 0.244 e. The summed E-state index contributed by atoms with van der Waals surface area (Å²) in [6, 6.07) is 21.9. The summed E-state index contributed by atoms with van der Waals surface area (Å²) in [6.45, 7) is 9.40. The van der Waals surface area contributed by atoms with Crippen LogP contribution in [0.2, 0.25) is 0 Å². The van der Waals surface area contributed by atoms with Crippen LogP contribution in [-0.2, 0) is 32.6 Å². The Hall–Kier alpha value is -3.65. The molecule has 40 heavy (non-hydrogen) atoms. The van der Waals surface area contributed by atoms with Gasteiger partial charge >= 0.3 is 0 Å². The normalized spacial score (nSPS) is 12.8. The van der Waals surface area contributed by atoms with E-state index in [-0.39, 0.29) is 18.5 Å². The van der Waals surface area contributed by atoms with E-state index in [1.807, 2.05) is 95.3 Å². The Bertz CT molecular complexity index is 1400. The van der Waals surface area contributed by atoms with Gasteiger partial charge in [-0.1, -0.05) is 73.2 Å². The highest BCUT2D eigenvalue weighted by Crippen LogP contribution is 2.23. The van der Waals surface area contributed by atoms with Crippen LogP contribution in [0.4, 0.5) is 5.69 Å². The molecule has 7 nitrogen and oxygen atoms in total. The first-order valence-corrected chi connectivity index (χ1v) is 15.5. The number of nitrogens with one attached hydrogen (secondary N) is 1. The third-order valence-corrected chi connectivity index (χ3v) is 8.02. The zero-order valence-electron chi connectivity index (χ0n) is 24.3. The topological polar surface area (TPSA) is 86.8 Å². The van der Waals surface area contributed by atoms with Crippen molar-refractivity contribution in [2.75, 3.05) is 17.1 Å². The number of rotatable bonds is 12. The average Bonchev–Trinajstić information content (AvgIpc) is 2.88. The summed E-state index contributed by atoms with van der Waals surface area (Å²) in [4.78, 5) is 29.4. The van der Waals surface area contributed by atoms with E-state index in [0.717, 1.165) is 44.8 Å². The van der Waals surface area contributed by atoms with Crippen molar-refractivity contribution < 1.29 is 18.0 Å². The molecule has 0 fully saturated rings. The van der Waals surface area contributed by atoms with Crippen LogP contribution < -0.4 is 9.62 Å². The summed E-state index contributed by atoms with van der Waals surface area (Å²) in [7, 11) is -3.80. The minimum Gasteiger partial charge on any atom is -0.352 e. The third-order valence-electron chi connectivity index (χ3n) is 6.88. The highest BCUT2D eigenvalue weighted by molar-refractivity contribution is 7.92. The average molecular weight is 564 g/mol. The lowest BCUT2D eigenvalue weighted by molar-refractivity contribution is -0.140. The quantitative estimate of drug-likeness (QED) is 0.339. The van der Waals surface area contributed by atoms with E-state index in [0.29, 0.717) is 12.1 Å². The maximum Gasteiger partial charge on any atom is 0.244 e. The SMILES string of the molecule is CC[C@H](C)NC(=O)[C@@H](Cc1ccccc1)N(Cc1cccc(C)c1)C(=O)CN(c1cc(C)cc(C)c1)S(C)(=O)=O. The van der Waals surface area contributed by atoms with E-state index in [1.54, 1.807) is 12.1 Å². The van der Waals surface area contributed by atoms with Gasteiger partial charge in [-0.3, -0.25) is 13.9 Å². The van der Waals surface area contributed by atoms with Gasteiger partial charge in [0.05, 0.1) is 11.9 Å². The van der Waals surface area contributed by atoms with Crippen LogP contribution in [0.3, 0.4) is 0 Å². The number of carbonyl (C=O) groups excluding carboxylic acids is 2. The lowest BCUT2D eigenvalue weighted by Crippen LogP contribution is -2.54. The van der Waals surface area contributed by atoms with Crippen molar-refractivity contribution in [2.45, 2.75) is 66.1 Å². The predicted molar refractivity (Wildman–Crippen MR) is 162 cm³/mol. The minimum atomic E-state index is -3.80. The molecule has 0 radical (unpaired) electrons. The van der Waals surface area contributed by atoms with E-state index < -0.39 is 28.5 Å². The van der Waals surface area contributed by atoms with Crippen LogP contribution in [0.15, 0.2) is 72.8 Å². The Labute approximate surface area is 239 Å². The first-order chi connectivity index (χ1) is 18.9. The summed E-state index contributed by atoms with van der Waals surface area (Å²) in [5, 5.41) is 3.05. The van der Waals surface area contributed by atoms with Gasteiger partial charge in [0.25, 0.3) is 0 Å². The number of benzene rings is 3. The molecule has 3 aromatic carbocycles. The standard InChI is InChI=1S/C32H41N3O4S/c1-7-26(5)33-32(37)30(20-27-13-9-8-10-14-27)34(21-28-15-11-12-23(2)17-28)31(36)22-35(40(6,38)39)29-18-24(3)16-25(4)19-29/h8-19,26,30H,7,20-22H2,1-6H3,(H,33,37)/t26-,30+/m0/s1. The van der Waals surface area contributed by atoms with Gasteiger partial charge in [0, 0.05) is 19.0 Å². The van der Waals surface area contributed by atoms with Crippen molar-refractivity contribution in [2.24, 2.45) is 0 Å². The van der Waals surface area contributed by atoms with Crippen molar-refractivity contribution >= 4 is 27.5 Å². The number of amides is 2. The number of nitrogens with zero attached hydrogens (tertiary/aromatic N) is 2. The van der Waals surface area contributed by atoms with E-state index in [9.17, 15) is 18.0 Å². The molecule has 2 atom stereocenters. The summed E-state index contributed by atoms with van der Waals surface area (Å²) < 4.78 is 27.1. The number of carbonyl (C=O) groups is 2. The zero-order chi connectivity index (χ0) is 29.4. The van der Waals surface area contributed by atoms with E-state index in [1.165, 1.54) is 4.90 Å². The Morgan fingerprint density at radius 2 is 1.48 bits per heavy atom. The first kappa shape index (κ1) is 30.9. The molecule has 214 valence electrons. The van der Waals surface area contributed by atoms with Gasteiger partial charge in [-0.15, -0.1) is 0 Å². The molecule has 0 aliphatic carbocycles. The third kappa shape index (κ3) is 8.68. The molecule has 1 N–H and O–H groups in total. The Morgan fingerprint density at radius 3 is 2.05 bits per heavy atom. The molecule has 0 saturated carbocycles. The van der Waals surface area contributed by atoms with Crippen LogP contribution in [0.1, 0.15) is 48.1 Å². The molecule has 8 heteroatoms. The molecule has 0 aromatic heterocycles. The van der Waals surface area contributed by atoms with E-state index >= 15 is 0 Å². The molecule has 0 unspecified atom stereocenters. The zero-order valence-corrected chi connectivity index (χ0v) is 25.2. The fraction of sp³-hybridized carbons (Fsp3) is 0.375. The van der Waals surface area contributed by atoms with Crippen molar-refractivity contribution in [3.05, 3.63) is 101 Å². The van der Waals surface area contributed by atoms with Crippen molar-refractivity contribution in [1.82, 2.24) is 10.2 Å². The maximum atomic E-state index is 14.2. The highest BCUT2D eigenvalue weighted by atomic mass is 32.2. The van der Waals surface area contributed by atoms with Gasteiger partial charge in [0.1, 0.15) is 12.6 Å². The molecule has 0 heterocycles. The molecular formula is C32H41N3O4S. The number of aryl methyl sites for hydroxylation is 3. The fourth-order valence-corrected chi connectivity index (χ4v) is 5.54. The molecule has 0 saturated heterocycles. The lowest BCUT2D eigenvalue weighted by Gasteiger charge is -2.34. The molecule has 3 rings (SSSR count). The monoisotopic (exact) mass is 563 g/mol. The van der Waals surface area contributed by atoms with E-state index in [4.69, 9.17) is 0 Å². The van der Waals surface area contributed by atoms with Crippen LogP contribution in [0, 0.1) is 20.8 Å². The summed E-state index contributed by atoms with van der Waals surface area (Å²) >= 11 is 0. The van der Waals surface area contributed by atoms with Crippen LogP contribution in [0.25, 0.3) is 0 Å². The fourth-order valence-electron chi connectivity index (χ4n) is 4.71. The number of hydrogen-bond donors (Lipinski definition) is 1. The number of hydrogen-bond acceptors (Lipinski definition) is 4. The van der Waals surface area contributed by atoms with Gasteiger partial charge in [-0.05, 0) is 68.5 Å². The lowest BCUT2D eigenvalue weighted by atomic mass is 10.0. The largest absolute Gasteiger partial charge is 0.352 e. The molecular weight excluding hydrogens is 522 g/mol. The second-order valence-electron chi connectivity index (χ2n) is 10.6. The molecule has 0 aliphatic heterocycles. The van der Waals surface area contributed by atoms with Crippen molar-refractivity contribution in [3.63, 3.8) is 0 Å². The highest BCUT2D eigenvalue weighted by Gasteiger charge is 2.33. The number of sulfonamides is 1. The maximum absolute atomic E-state index is 14.2. The second kappa shape index (κ2) is 13.6. The molecule has 0 bridgehead atoms. The van der Waals surface area contributed by atoms with Crippen LogP contribution in [-0.4, -0.2) is 50.0 Å². The molecule has 2 amide bonds. The molecule has 0 spiro atoms. The van der Waals surface area contributed by atoms with Gasteiger partial charge in [0.15, 0.2) is 0 Å². The van der Waals surface area contributed by atoms with Gasteiger partial charge in [-0.2, -0.15) is 0 Å². The summed E-state index contributed by atoms with van der Waals surface area (Å²) in [5.74, 6) is -0.720. The van der Waals surface area contributed by atoms with Crippen LogP contribution >= 0.6 is 0 Å². The Morgan fingerprint density at radius 1 is 0.850 bits per heavy atom. The Kier molecular flexibility index (Phi) is 10.5. The minimum absolute atomic E-state index is 0.0792. The van der Waals surface area contributed by atoms with Gasteiger partial charge in [0.2, 0.25) is 21.8 Å². The van der Waals surface area contributed by atoms with E-state index in [2.05, 4.69) is 5.32 Å². The second-order valence-corrected chi connectivity index (χ2v) is 12.6. The molecule has 3 aromatic rings. The first-order valence-electron chi connectivity index (χ1n) is 13.6. The summed E-state index contributed by atoms with van der Waals surface area (Å²) in [5.41, 5.74) is 5.00.